The summed E-state index contributed by atoms with van der Waals surface area (Å²) in [5.74, 6) is 0.469. The van der Waals surface area contributed by atoms with E-state index in [4.69, 9.17) is 13.9 Å². The number of hydrogen-bond acceptors (Lipinski definition) is 4. The van der Waals surface area contributed by atoms with Gasteiger partial charge >= 0.3 is 0 Å². The van der Waals surface area contributed by atoms with Crippen molar-refractivity contribution < 1.29 is 19.0 Å². The molecule has 0 aromatic rings. The number of hydrogen-bond donors (Lipinski definition) is 1. The van der Waals surface area contributed by atoms with Gasteiger partial charge in [0, 0.05) is 31.5 Å². The van der Waals surface area contributed by atoms with Gasteiger partial charge in [-0.15, -0.1) is 0 Å². The molecule has 0 saturated carbocycles. The first-order chi connectivity index (χ1) is 11.5. The van der Waals surface area contributed by atoms with Gasteiger partial charge in [-0.1, -0.05) is 62.3 Å². The van der Waals surface area contributed by atoms with Gasteiger partial charge in [-0.3, -0.25) is 0 Å². The van der Waals surface area contributed by atoms with Crippen LogP contribution in [0, 0.1) is 17.8 Å². The lowest BCUT2D eigenvalue weighted by molar-refractivity contribution is -0.261. The Balaban J connectivity index is 3.24. The highest BCUT2D eigenvalue weighted by Gasteiger charge is 2.52. The van der Waals surface area contributed by atoms with E-state index in [1.54, 1.807) is 7.11 Å². The minimum atomic E-state index is -1.99. The molecule has 1 saturated heterocycles. The SMILES string of the molecule is CO[C@H]1O[C@@H]([C@H](C)CO)[C@@H](C)[C@@H](O[Si](C(C)C)(C(C)C)C(C)C)[C@H]1C. The Hall–Kier alpha value is 0.0569. The fraction of sp³-hybridized carbons (Fsp3) is 1.00. The quantitative estimate of drug-likeness (QED) is 0.619. The monoisotopic (exact) mass is 374 g/mol. The van der Waals surface area contributed by atoms with E-state index in [1.165, 1.54) is 0 Å². The Morgan fingerprint density at radius 2 is 1.40 bits per heavy atom. The third-order valence-electron chi connectivity index (χ3n) is 6.40. The summed E-state index contributed by atoms with van der Waals surface area (Å²) in [5, 5.41) is 9.66. The number of aliphatic hydroxyl groups is 1. The largest absolute Gasteiger partial charge is 0.412 e. The van der Waals surface area contributed by atoms with Crippen LogP contribution in [0.15, 0.2) is 0 Å². The molecule has 0 unspecified atom stereocenters. The number of methoxy groups -OCH3 is 1. The summed E-state index contributed by atoms with van der Waals surface area (Å²) in [6, 6.07) is 0. The number of rotatable bonds is 8. The van der Waals surface area contributed by atoms with Crippen LogP contribution in [0.25, 0.3) is 0 Å². The normalized spacial score (nSPS) is 32.6. The van der Waals surface area contributed by atoms with Gasteiger partial charge in [0.05, 0.1) is 12.2 Å². The Morgan fingerprint density at radius 1 is 0.920 bits per heavy atom. The van der Waals surface area contributed by atoms with E-state index in [0.717, 1.165) is 0 Å². The summed E-state index contributed by atoms with van der Waals surface area (Å²) in [6.07, 6.45) is -0.232. The molecule has 1 rings (SSSR count). The molecule has 1 fully saturated rings. The minimum absolute atomic E-state index is 0.0469. The maximum atomic E-state index is 9.66. The highest BCUT2D eigenvalue weighted by Crippen LogP contribution is 2.46. The minimum Gasteiger partial charge on any atom is -0.412 e. The average molecular weight is 375 g/mol. The maximum Gasteiger partial charge on any atom is 0.200 e. The van der Waals surface area contributed by atoms with Crippen molar-refractivity contribution in [1.29, 1.82) is 0 Å². The summed E-state index contributed by atoms with van der Waals surface area (Å²) in [6.45, 7) is 20.5. The van der Waals surface area contributed by atoms with E-state index >= 15 is 0 Å². The highest BCUT2D eigenvalue weighted by atomic mass is 28.4. The molecule has 0 spiro atoms. The van der Waals surface area contributed by atoms with Gasteiger partial charge in [0.2, 0.25) is 8.32 Å². The molecule has 1 heterocycles. The van der Waals surface area contributed by atoms with Crippen LogP contribution in [0.2, 0.25) is 16.6 Å². The summed E-state index contributed by atoms with van der Waals surface area (Å²) in [7, 11) is -0.288. The van der Waals surface area contributed by atoms with E-state index in [-0.39, 0.29) is 42.9 Å². The zero-order valence-electron chi connectivity index (χ0n) is 18.1. The zero-order valence-corrected chi connectivity index (χ0v) is 19.1. The molecule has 1 N–H and O–H groups in total. The molecule has 0 bridgehead atoms. The van der Waals surface area contributed by atoms with Crippen LogP contribution in [0.4, 0.5) is 0 Å². The molecule has 6 atom stereocenters. The van der Waals surface area contributed by atoms with Crippen LogP contribution >= 0.6 is 0 Å². The lowest BCUT2D eigenvalue weighted by atomic mass is 9.81. The van der Waals surface area contributed by atoms with Crippen LogP contribution in [0.3, 0.4) is 0 Å². The smallest absolute Gasteiger partial charge is 0.200 e. The fourth-order valence-corrected chi connectivity index (χ4v) is 10.8. The molecule has 1 aliphatic rings. The third-order valence-corrected chi connectivity index (χ3v) is 12.5. The van der Waals surface area contributed by atoms with E-state index < -0.39 is 8.32 Å². The first kappa shape index (κ1) is 23.1. The molecule has 0 aliphatic carbocycles. The van der Waals surface area contributed by atoms with Gasteiger partial charge in [0.1, 0.15) is 0 Å². The predicted octanol–water partition coefficient (Wildman–Crippen LogP) is 4.82. The number of ether oxygens (including phenoxy) is 2. The van der Waals surface area contributed by atoms with Gasteiger partial charge < -0.3 is 19.0 Å². The topological polar surface area (TPSA) is 47.9 Å². The van der Waals surface area contributed by atoms with Crippen molar-refractivity contribution >= 4 is 8.32 Å². The Bertz CT molecular complexity index is 377. The number of aliphatic hydroxyl groups excluding tert-OH is 1. The molecule has 150 valence electrons. The van der Waals surface area contributed by atoms with Crippen molar-refractivity contribution in [1.82, 2.24) is 0 Å². The molecule has 1 aliphatic heterocycles. The fourth-order valence-electron chi connectivity index (χ4n) is 5.11. The molecule has 0 amide bonds. The molecule has 0 aromatic heterocycles. The second-order valence-electron chi connectivity index (χ2n) is 8.98. The van der Waals surface area contributed by atoms with Crippen molar-refractivity contribution in [3.8, 4) is 0 Å². The zero-order chi connectivity index (χ0) is 19.5. The second-order valence-corrected chi connectivity index (χ2v) is 14.4. The molecule has 0 radical (unpaired) electrons. The summed E-state index contributed by atoms with van der Waals surface area (Å²) in [4.78, 5) is 0. The van der Waals surface area contributed by atoms with Crippen LogP contribution in [-0.4, -0.2) is 45.6 Å². The van der Waals surface area contributed by atoms with Gasteiger partial charge in [-0.2, -0.15) is 0 Å². The summed E-state index contributed by atoms with van der Waals surface area (Å²) >= 11 is 0. The van der Waals surface area contributed by atoms with Gasteiger partial charge in [0.15, 0.2) is 6.29 Å². The maximum absolute atomic E-state index is 9.66. The average Bonchev–Trinajstić information content (AvgIpc) is 2.53. The first-order valence-corrected chi connectivity index (χ1v) is 12.1. The van der Waals surface area contributed by atoms with Crippen LogP contribution in [0.5, 0.6) is 0 Å². The van der Waals surface area contributed by atoms with E-state index in [0.29, 0.717) is 16.6 Å². The lowest BCUT2D eigenvalue weighted by Crippen LogP contribution is -2.59. The van der Waals surface area contributed by atoms with Crippen LogP contribution in [0.1, 0.15) is 62.3 Å². The highest BCUT2D eigenvalue weighted by molar-refractivity contribution is 6.77. The Labute approximate surface area is 156 Å². The van der Waals surface area contributed by atoms with E-state index in [1.807, 2.05) is 6.92 Å². The van der Waals surface area contributed by atoms with Crippen molar-refractivity contribution in [3.05, 3.63) is 0 Å². The predicted molar refractivity (Wildman–Crippen MR) is 106 cm³/mol. The van der Waals surface area contributed by atoms with Crippen molar-refractivity contribution in [3.63, 3.8) is 0 Å². The molecular weight excluding hydrogens is 332 g/mol. The molecule has 5 heteroatoms. The molecule has 25 heavy (non-hydrogen) atoms. The van der Waals surface area contributed by atoms with E-state index in [9.17, 15) is 5.11 Å². The second kappa shape index (κ2) is 9.31. The molecular formula is C20H42O4Si. The summed E-state index contributed by atoms with van der Waals surface area (Å²) < 4.78 is 19.0. The van der Waals surface area contributed by atoms with Gasteiger partial charge in [0.25, 0.3) is 0 Å². The Morgan fingerprint density at radius 3 is 1.76 bits per heavy atom. The van der Waals surface area contributed by atoms with E-state index in [2.05, 4.69) is 55.4 Å². The standard InChI is InChI=1S/C20H42O4Si/c1-12(2)25(13(3)4,14(5)6)24-19-16(8)18(15(7)11-21)23-20(22-10)17(19)9/h12-21H,11H2,1-10H3/t15-,16-,17-,18+,19-,20+/m1/s1. The van der Waals surface area contributed by atoms with Gasteiger partial charge in [-0.25, -0.2) is 0 Å². The van der Waals surface area contributed by atoms with Crippen molar-refractivity contribution in [2.24, 2.45) is 17.8 Å². The summed E-state index contributed by atoms with van der Waals surface area (Å²) in [5.41, 5.74) is 1.64. The van der Waals surface area contributed by atoms with Crippen LogP contribution < -0.4 is 0 Å². The van der Waals surface area contributed by atoms with Crippen molar-refractivity contribution in [2.75, 3.05) is 13.7 Å². The third kappa shape index (κ3) is 4.49. The van der Waals surface area contributed by atoms with Crippen LogP contribution in [-0.2, 0) is 13.9 Å². The van der Waals surface area contributed by atoms with Crippen molar-refractivity contribution in [2.45, 2.75) is 97.4 Å². The van der Waals surface area contributed by atoms with Gasteiger partial charge in [-0.05, 0) is 16.6 Å². The molecule has 4 nitrogen and oxygen atoms in total. The lowest BCUT2D eigenvalue weighted by Gasteiger charge is -2.52. The molecule has 0 aromatic carbocycles. The Kier molecular flexibility index (Phi) is 8.60. The first-order valence-electron chi connectivity index (χ1n) is 10.0.